The average molecular weight is 635 g/mol. The van der Waals surface area contributed by atoms with Crippen LogP contribution in [0.25, 0.3) is 23.3 Å². The molecule has 0 aliphatic carbocycles. The summed E-state index contributed by atoms with van der Waals surface area (Å²) in [7, 11) is 0. The standard InChI is InChI=1S/C50H34/c1-5-13-45(14-6-1)49(46-15-7-2-8-16-46)37-43-33-29-41(30-34-43)27-25-39-21-23-40(24-22-39)26-28-42-31-35-44(36-32-42)38-50(47-17-9-3-10-18-47)48-19-11-4-12-20-48/h1-24,29-38H. The summed E-state index contributed by atoms with van der Waals surface area (Å²) in [4.78, 5) is 0. The fourth-order valence-electron chi connectivity index (χ4n) is 5.72. The van der Waals surface area contributed by atoms with Gasteiger partial charge in [-0.2, -0.15) is 0 Å². The van der Waals surface area contributed by atoms with Gasteiger partial charge in [0.25, 0.3) is 0 Å². The van der Waals surface area contributed by atoms with Crippen molar-refractivity contribution in [3.63, 3.8) is 0 Å². The average Bonchev–Trinajstić information content (AvgIpc) is 3.20. The molecule has 0 bridgehead atoms. The molecular formula is C50H34. The van der Waals surface area contributed by atoms with Crippen LogP contribution in [-0.2, 0) is 0 Å². The third-order valence-corrected chi connectivity index (χ3v) is 8.37. The van der Waals surface area contributed by atoms with Crippen LogP contribution < -0.4 is 0 Å². The maximum absolute atomic E-state index is 3.31. The number of rotatable bonds is 6. The van der Waals surface area contributed by atoms with Gasteiger partial charge in [-0.3, -0.25) is 0 Å². The van der Waals surface area contributed by atoms with Crippen LogP contribution in [-0.4, -0.2) is 0 Å². The molecule has 0 heteroatoms. The smallest absolute Gasteiger partial charge is 0.0249 e. The molecule has 0 atom stereocenters. The van der Waals surface area contributed by atoms with Crippen LogP contribution in [0.1, 0.15) is 55.6 Å². The maximum atomic E-state index is 3.31. The molecule has 0 nitrogen and oxygen atoms in total. The minimum absolute atomic E-state index is 0.957. The molecule has 50 heavy (non-hydrogen) atoms. The second-order valence-electron chi connectivity index (χ2n) is 11.9. The summed E-state index contributed by atoms with van der Waals surface area (Å²) in [6.07, 6.45) is 4.47. The van der Waals surface area contributed by atoms with E-state index in [0.29, 0.717) is 0 Å². The van der Waals surface area contributed by atoms with E-state index in [2.05, 4.69) is 181 Å². The molecule has 234 valence electrons. The third-order valence-electron chi connectivity index (χ3n) is 8.37. The van der Waals surface area contributed by atoms with Gasteiger partial charge in [0.15, 0.2) is 0 Å². The van der Waals surface area contributed by atoms with Gasteiger partial charge >= 0.3 is 0 Å². The Morgan fingerprint density at radius 3 is 0.720 bits per heavy atom. The number of hydrogen-bond donors (Lipinski definition) is 0. The van der Waals surface area contributed by atoms with E-state index in [9.17, 15) is 0 Å². The molecule has 0 N–H and O–H groups in total. The lowest BCUT2D eigenvalue weighted by Crippen LogP contribution is -1.88. The molecule has 0 fully saturated rings. The molecule has 0 aliphatic rings. The van der Waals surface area contributed by atoms with Gasteiger partial charge in [-0.05, 0) is 105 Å². The first-order valence-corrected chi connectivity index (χ1v) is 16.8. The van der Waals surface area contributed by atoms with E-state index in [1.54, 1.807) is 0 Å². The van der Waals surface area contributed by atoms with Crippen LogP contribution in [0.2, 0.25) is 0 Å². The normalized spacial score (nSPS) is 10.1. The van der Waals surface area contributed by atoms with Crippen molar-refractivity contribution in [2.75, 3.05) is 0 Å². The van der Waals surface area contributed by atoms with Crippen LogP contribution in [0.5, 0.6) is 0 Å². The van der Waals surface area contributed by atoms with Gasteiger partial charge in [0.1, 0.15) is 0 Å². The first kappa shape index (κ1) is 31.7. The monoisotopic (exact) mass is 634 g/mol. The fraction of sp³-hybridized carbons (Fsp3) is 0. The molecule has 0 amide bonds. The highest BCUT2D eigenvalue weighted by Crippen LogP contribution is 2.27. The summed E-state index contributed by atoms with van der Waals surface area (Å²) in [6, 6.07) is 67.0. The van der Waals surface area contributed by atoms with Gasteiger partial charge in [-0.1, -0.05) is 169 Å². The highest BCUT2D eigenvalue weighted by molar-refractivity contribution is 5.92. The van der Waals surface area contributed by atoms with Gasteiger partial charge in [0.2, 0.25) is 0 Å². The number of hydrogen-bond acceptors (Lipinski definition) is 0. The highest BCUT2D eigenvalue weighted by atomic mass is 14.1. The van der Waals surface area contributed by atoms with Crippen molar-refractivity contribution < 1.29 is 0 Å². The van der Waals surface area contributed by atoms with Gasteiger partial charge in [0, 0.05) is 22.3 Å². The van der Waals surface area contributed by atoms with E-state index in [1.165, 1.54) is 33.4 Å². The van der Waals surface area contributed by atoms with Crippen molar-refractivity contribution >= 4 is 23.3 Å². The Morgan fingerprint density at radius 2 is 0.480 bits per heavy atom. The Kier molecular flexibility index (Phi) is 10.0. The molecular weight excluding hydrogens is 601 g/mol. The predicted octanol–water partition coefficient (Wildman–Crippen LogP) is 11.7. The predicted molar refractivity (Wildman–Crippen MR) is 211 cm³/mol. The van der Waals surface area contributed by atoms with E-state index in [0.717, 1.165) is 33.4 Å². The molecule has 7 rings (SSSR count). The van der Waals surface area contributed by atoms with Crippen LogP contribution in [0.3, 0.4) is 0 Å². The summed E-state index contributed by atoms with van der Waals surface area (Å²) >= 11 is 0. The Bertz CT molecular complexity index is 2080. The van der Waals surface area contributed by atoms with Crippen LogP contribution in [0.4, 0.5) is 0 Å². The minimum atomic E-state index is 0.957. The molecule has 0 unspecified atom stereocenters. The van der Waals surface area contributed by atoms with Crippen molar-refractivity contribution in [2.45, 2.75) is 0 Å². The van der Waals surface area contributed by atoms with Gasteiger partial charge in [-0.15, -0.1) is 0 Å². The second kappa shape index (κ2) is 15.8. The van der Waals surface area contributed by atoms with Crippen molar-refractivity contribution in [3.8, 4) is 23.7 Å². The zero-order chi connectivity index (χ0) is 33.8. The zero-order valence-corrected chi connectivity index (χ0v) is 27.6. The van der Waals surface area contributed by atoms with Crippen LogP contribution in [0.15, 0.2) is 194 Å². The minimum Gasteiger partial charge on any atom is -0.0622 e. The maximum Gasteiger partial charge on any atom is 0.0249 e. The summed E-state index contributed by atoms with van der Waals surface area (Å²) in [6.45, 7) is 0. The quantitative estimate of drug-likeness (QED) is 0.126. The van der Waals surface area contributed by atoms with Crippen molar-refractivity contribution in [2.24, 2.45) is 0 Å². The molecule has 7 aromatic rings. The fourth-order valence-corrected chi connectivity index (χ4v) is 5.72. The van der Waals surface area contributed by atoms with Gasteiger partial charge in [0.05, 0.1) is 0 Å². The topological polar surface area (TPSA) is 0 Å². The Morgan fingerprint density at radius 1 is 0.260 bits per heavy atom. The first-order chi connectivity index (χ1) is 24.8. The molecule has 0 saturated heterocycles. The van der Waals surface area contributed by atoms with Crippen molar-refractivity contribution in [1.29, 1.82) is 0 Å². The molecule has 0 heterocycles. The van der Waals surface area contributed by atoms with Crippen LogP contribution in [0, 0.1) is 23.7 Å². The van der Waals surface area contributed by atoms with E-state index >= 15 is 0 Å². The lowest BCUT2D eigenvalue weighted by Gasteiger charge is -2.09. The first-order valence-electron chi connectivity index (χ1n) is 16.8. The van der Waals surface area contributed by atoms with Crippen molar-refractivity contribution in [3.05, 3.63) is 250 Å². The van der Waals surface area contributed by atoms with Crippen LogP contribution >= 0.6 is 0 Å². The molecule has 0 aromatic heterocycles. The van der Waals surface area contributed by atoms with E-state index in [1.807, 2.05) is 48.5 Å². The summed E-state index contributed by atoms with van der Waals surface area (Å²) in [5.74, 6) is 13.2. The summed E-state index contributed by atoms with van der Waals surface area (Å²) in [5, 5.41) is 0. The zero-order valence-electron chi connectivity index (χ0n) is 27.6. The highest BCUT2D eigenvalue weighted by Gasteiger charge is 2.06. The van der Waals surface area contributed by atoms with E-state index in [-0.39, 0.29) is 0 Å². The molecule has 0 saturated carbocycles. The third kappa shape index (κ3) is 8.34. The Hall–Kier alpha value is -6.86. The SMILES string of the molecule is C(#Cc1ccc(C=C(c2ccccc2)c2ccccc2)cc1)c1ccc(C#Cc2ccc(C=C(c3ccccc3)c3ccccc3)cc2)cc1. The second-order valence-corrected chi connectivity index (χ2v) is 11.9. The number of benzene rings is 7. The van der Waals surface area contributed by atoms with Gasteiger partial charge in [-0.25, -0.2) is 0 Å². The Labute approximate surface area is 295 Å². The molecule has 0 radical (unpaired) electrons. The lowest BCUT2D eigenvalue weighted by atomic mass is 9.95. The van der Waals surface area contributed by atoms with Gasteiger partial charge < -0.3 is 0 Å². The summed E-state index contributed by atoms with van der Waals surface area (Å²) < 4.78 is 0. The Balaban J connectivity index is 1.02. The largest absolute Gasteiger partial charge is 0.0622 e. The molecule has 0 aliphatic heterocycles. The molecule has 0 spiro atoms. The van der Waals surface area contributed by atoms with Crippen molar-refractivity contribution in [1.82, 2.24) is 0 Å². The van der Waals surface area contributed by atoms with E-state index in [4.69, 9.17) is 0 Å². The summed E-state index contributed by atoms with van der Waals surface area (Å²) in [5.41, 5.74) is 13.3. The van der Waals surface area contributed by atoms with E-state index < -0.39 is 0 Å². The lowest BCUT2D eigenvalue weighted by molar-refractivity contribution is 1.54. The molecule has 7 aromatic carbocycles.